The molecule has 19 heavy (non-hydrogen) atoms. The SMILES string of the molecule is Cl.Cl.NC1(C(=O)N2CCC(N3CCCCC3)C2)CC1. The molecular formula is C13H25Cl2N3O. The molecule has 112 valence electrons. The smallest absolute Gasteiger partial charge is 0.242 e. The number of nitrogens with zero attached hydrogens (tertiary/aromatic N) is 2. The van der Waals surface area contributed by atoms with Crippen molar-refractivity contribution >= 4 is 30.7 Å². The zero-order chi connectivity index (χ0) is 11.9. The molecule has 1 atom stereocenters. The number of halogens is 2. The van der Waals surface area contributed by atoms with E-state index in [9.17, 15) is 4.79 Å². The predicted octanol–water partition coefficient (Wildman–Crippen LogP) is 1.41. The van der Waals surface area contributed by atoms with Gasteiger partial charge in [0.15, 0.2) is 0 Å². The van der Waals surface area contributed by atoms with Gasteiger partial charge in [0.05, 0.1) is 5.54 Å². The Kier molecular flexibility index (Phi) is 5.93. The molecule has 1 amide bonds. The lowest BCUT2D eigenvalue weighted by atomic mass is 10.1. The van der Waals surface area contributed by atoms with E-state index in [0.717, 1.165) is 32.4 Å². The van der Waals surface area contributed by atoms with Crippen LogP contribution in [0.1, 0.15) is 38.5 Å². The van der Waals surface area contributed by atoms with Gasteiger partial charge in [-0.1, -0.05) is 6.42 Å². The van der Waals surface area contributed by atoms with Crippen LogP contribution in [0.5, 0.6) is 0 Å². The highest BCUT2D eigenvalue weighted by Crippen LogP contribution is 2.35. The van der Waals surface area contributed by atoms with Crippen LogP contribution in [0.4, 0.5) is 0 Å². The minimum Gasteiger partial charge on any atom is -0.339 e. The largest absolute Gasteiger partial charge is 0.339 e. The van der Waals surface area contributed by atoms with E-state index in [2.05, 4.69) is 4.90 Å². The van der Waals surface area contributed by atoms with Gasteiger partial charge in [0, 0.05) is 19.1 Å². The molecule has 2 N–H and O–H groups in total. The first-order valence-corrected chi connectivity index (χ1v) is 7.01. The van der Waals surface area contributed by atoms with E-state index in [1.165, 1.54) is 32.4 Å². The number of nitrogens with two attached hydrogens (primary N) is 1. The van der Waals surface area contributed by atoms with Crippen LogP contribution < -0.4 is 5.73 Å². The summed E-state index contributed by atoms with van der Waals surface area (Å²) in [5.74, 6) is 0.206. The summed E-state index contributed by atoms with van der Waals surface area (Å²) in [6.45, 7) is 4.28. The average molecular weight is 310 g/mol. The zero-order valence-corrected chi connectivity index (χ0v) is 13.0. The molecule has 2 aliphatic heterocycles. The third-order valence-electron chi connectivity index (χ3n) is 4.57. The molecule has 0 aromatic carbocycles. The number of amides is 1. The fourth-order valence-electron chi connectivity index (χ4n) is 3.17. The molecule has 6 heteroatoms. The van der Waals surface area contributed by atoms with Gasteiger partial charge in [0.25, 0.3) is 0 Å². The summed E-state index contributed by atoms with van der Waals surface area (Å²) in [7, 11) is 0. The number of piperidine rings is 1. The summed E-state index contributed by atoms with van der Waals surface area (Å²) in [5, 5.41) is 0. The fourth-order valence-corrected chi connectivity index (χ4v) is 3.17. The summed E-state index contributed by atoms with van der Waals surface area (Å²) < 4.78 is 0. The van der Waals surface area contributed by atoms with Gasteiger partial charge in [-0.3, -0.25) is 9.69 Å². The highest BCUT2D eigenvalue weighted by molar-refractivity contribution is 5.89. The minimum atomic E-state index is -0.475. The Bertz CT molecular complexity index is 317. The molecule has 0 aromatic heterocycles. The van der Waals surface area contributed by atoms with Gasteiger partial charge in [-0.05, 0) is 45.2 Å². The maximum absolute atomic E-state index is 12.1. The van der Waals surface area contributed by atoms with Crippen molar-refractivity contribution < 1.29 is 4.79 Å². The van der Waals surface area contributed by atoms with Crippen LogP contribution in [0.3, 0.4) is 0 Å². The van der Waals surface area contributed by atoms with Crippen LogP contribution in [-0.4, -0.2) is 53.5 Å². The van der Waals surface area contributed by atoms with Gasteiger partial charge in [0.2, 0.25) is 5.91 Å². The number of hydrogen-bond donors (Lipinski definition) is 1. The van der Waals surface area contributed by atoms with Crippen molar-refractivity contribution in [1.82, 2.24) is 9.80 Å². The Morgan fingerprint density at radius 2 is 1.68 bits per heavy atom. The first-order chi connectivity index (χ1) is 8.19. The van der Waals surface area contributed by atoms with Crippen LogP contribution in [0.2, 0.25) is 0 Å². The molecular weight excluding hydrogens is 285 g/mol. The Morgan fingerprint density at radius 3 is 2.26 bits per heavy atom. The quantitative estimate of drug-likeness (QED) is 0.839. The summed E-state index contributed by atoms with van der Waals surface area (Å²) in [6.07, 6.45) is 6.93. The molecule has 4 nitrogen and oxygen atoms in total. The first kappa shape index (κ1) is 17.0. The molecule has 3 rings (SSSR count). The lowest BCUT2D eigenvalue weighted by Crippen LogP contribution is -2.47. The van der Waals surface area contributed by atoms with E-state index < -0.39 is 5.54 Å². The second-order valence-corrected chi connectivity index (χ2v) is 5.95. The number of likely N-dealkylation sites (tertiary alicyclic amines) is 2. The second kappa shape index (κ2) is 6.61. The normalized spacial score (nSPS) is 29.3. The minimum absolute atomic E-state index is 0. The molecule has 2 heterocycles. The van der Waals surface area contributed by atoms with Gasteiger partial charge in [0.1, 0.15) is 0 Å². The van der Waals surface area contributed by atoms with E-state index in [-0.39, 0.29) is 30.7 Å². The molecule has 1 unspecified atom stereocenters. The lowest BCUT2D eigenvalue weighted by Gasteiger charge is -2.32. The topological polar surface area (TPSA) is 49.6 Å². The van der Waals surface area contributed by atoms with E-state index in [0.29, 0.717) is 6.04 Å². The molecule has 0 bridgehead atoms. The number of carbonyl (C=O) groups excluding carboxylic acids is 1. The lowest BCUT2D eigenvalue weighted by molar-refractivity contribution is -0.132. The molecule has 0 radical (unpaired) electrons. The van der Waals surface area contributed by atoms with Crippen LogP contribution in [0.15, 0.2) is 0 Å². The van der Waals surface area contributed by atoms with Crippen molar-refractivity contribution in [3.05, 3.63) is 0 Å². The third-order valence-corrected chi connectivity index (χ3v) is 4.57. The van der Waals surface area contributed by atoms with Gasteiger partial charge < -0.3 is 10.6 Å². The van der Waals surface area contributed by atoms with Crippen LogP contribution in [0.25, 0.3) is 0 Å². The summed E-state index contributed by atoms with van der Waals surface area (Å²) in [5.41, 5.74) is 5.51. The third kappa shape index (κ3) is 3.54. The maximum Gasteiger partial charge on any atom is 0.242 e. The number of carbonyl (C=O) groups is 1. The van der Waals surface area contributed by atoms with Gasteiger partial charge in [-0.15, -0.1) is 24.8 Å². The Balaban J connectivity index is 0.000000902. The highest BCUT2D eigenvalue weighted by Gasteiger charge is 2.49. The van der Waals surface area contributed by atoms with Crippen LogP contribution in [0, 0.1) is 0 Å². The predicted molar refractivity (Wildman–Crippen MR) is 81.1 cm³/mol. The van der Waals surface area contributed by atoms with Crippen LogP contribution >= 0.6 is 24.8 Å². The fraction of sp³-hybridized carbons (Fsp3) is 0.923. The van der Waals surface area contributed by atoms with E-state index in [4.69, 9.17) is 5.73 Å². The average Bonchev–Trinajstić information content (AvgIpc) is 2.95. The summed E-state index contributed by atoms with van der Waals surface area (Å²) in [4.78, 5) is 16.7. The molecule has 3 aliphatic rings. The standard InChI is InChI=1S/C13H23N3O.2ClH/c14-13(5-6-13)12(17)16-9-4-11(10-16)15-7-2-1-3-8-15;;/h11H,1-10,14H2;2*1H. The molecule has 3 fully saturated rings. The van der Waals surface area contributed by atoms with Crippen molar-refractivity contribution in [2.45, 2.75) is 50.1 Å². The zero-order valence-electron chi connectivity index (χ0n) is 11.3. The van der Waals surface area contributed by atoms with Crippen LogP contribution in [-0.2, 0) is 4.79 Å². The maximum atomic E-state index is 12.1. The highest BCUT2D eigenvalue weighted by atomic mass is 35.5. The molecule has 2 saturated heterocycles. The van der Waals surface area contributed by atoms with Gasteiger partial charge in [-0.2, -0.15) is 0 Å². The van der Waals surface area contributed by atoms with E-state index in [1.807, 2.05) is 4.90 Å². The first-order valence-electron chi connectivity index (χ1n) is 7.01. The Morgan fingerprint density at radius 1 is 1.05 bits per heavy atom. The van der Waals surface area contributed by atoms with Gasteiger partial charge >= 0.3 is 0 Å². The van der Waals surface area contributed by atoms with Crippen molar-refractivity contribution in [3.8, 4) is 0 Å². The van der Waals surface area contributed by atoms with Crippen molar-refractivity contribution in [2.75, 3.05) is 26.2 Å². The van der Waals surface area contributed by atoms with Gasteiger partial charge in [-0.25, -0.2) is 0 Å². The monoisotopic (exact) mass is 309 g/mol. The molecule has 1 aliphatic carbocycles. The van der Waals surface area contributed by atoms with Crippen molar-refractivity contribution in [1.29, 1.82) is 0 Å². The van der Waals surface area contributed by atoms with Crippen molar-refractivity contribution in [2.24, 2.45) is 5.73 Å². The number of rotatable bonds is 2. The Labute approximate surface area is 127 Å². The second-order valence-electron chi connectivity index (χ2n) is 5.95. The molecule has 0 spiro atoms. The molecule has 0 aromatic rings. The molecule has 1 saturated carbocycles. The van der Waals surface area contributed by atoms with Crippen molar-refractivity contribution in [3.63, 3.8) is 0 Å². The number of hydrogen-bond acceptors (Lipinski definition) is 3. The summed E-state index contributed by atoms with van der Waals surface area (Å²) in [6, 6.07) is 0.599. The Hall–Kier alpha value is -0.0300. The summed E-state index contributed by atoms with van der Waals surface area (Å²) >= 11 is 0. The van der Waals surface area contributed by atoms with E-state index >= 15 is 0 Å². The van der Waals surface area contributed by atoms with E-state index in [1.54, 1.807) is 0 Å².